The van der Waals surface area contributed by atoms with Crippen molar-refractivity contribution in [3.05, 3.63) is 125 Å². The molecule has 0 N–H and O–H groups in total. The van der Waals surface area contributed by atoms with Crippen LogP contribution in [0.5, 0.6) is 0 Å². The predicted molar refractivity (Wildman–Crippen MR) is 155 cm³/mol. The van der Waals surface area contributed by atoms with Crippen LogP contribution < -0.4 is 4.90 Å². The van der Waals surface area contributed by atoms with Crippen LogP contribution >= 0.6 is 0 Å². The van der Waals surface area contributed by atoms with Gasteiger partial charge in [-0.2, -0.15) is 10.5 Å². The first-order chi connectivity index (χ1) is 19.0. The summed E-state index contributed by atoms with van der Waals surface area (Å²) in [6.45, 7) is 4.53. The predicted octanol–water partition coefficient (Wildman–Crippen LogP) is 9.11. The number of rotatable bonds is 2. The molecule has 0 spiro atoms. The quantitative estimate of drug-likeness (QED) is 0.237. The summed E-state index contributed by atoms with van der Waals surface area (Å²) in [6, 6.07) is 39.1. The summed E-state index contributed by atoms with van der Waals surface area (Å²) >= 11 is 0. The van der Waals surface area contributed by atoms with Crippen LogP contribution in [-0.2, 0) is 5.41 Å². The second kappa shape index (κ2) is 8.35. The summed E-state index contributed by atoms with van der Waals surface area (Å²) in [5.41, 5.74) is 9.06. The molecule has 4 heteroatoms. The van der Waals surface area contributed by atoms with Gasteiger partial charge in [0.1, 0.15) is 11.2 Å². The molecule has 0 fully saturated rings. The molecule has 6 aromatic rings. The Morgan fingerprint density at radius 1 is 0.667 bits per heavy atom. The highest BCUT2D eigenvalue weighted by Crippen LogP contribution is 2.53. The fourth-order valence-electron chi connectivity index (χ4n) is 6.10. The zero-order valence-electron chi connectivity index (χ0n) is 21.6. The van der Waals surface area contributed by atoms with E-state index in [0.717, 1.165) is 39.0 Å². The summed E-state index contributed by atoms with van der Waals surface area (Å²) in [4.78, 5) is 2.29. The SMILES string of the molecule is CC1(C)c2ccccc2N(c2cc(-c3c(C#N)cccc3C#N)c3oc4ccccc4c3c2)c2ccccc21. The van der Waals surface area contributed by atoms with E-state index in [9.17, 15) is 10.5 Å². The standard InChI is InChI=1S/C35H23N3O/c1-35(2)28-13-4-6-15-30(28)38(31-16-7-5-14-29(31)35)24-18-26-25-12-3-8-17-32(25)39-34(26)27(19-24)33-22(20-36)10-9-11-23(33)21-37/h3-19H,1-2H3. The van der Waals surface area contributed by atoms with E-state index in [4.69, 9.17) is 4.42 Å². The highest BCUT2D eigenvalue weighted by molar-refractivity contribution is 6.12. The Morgan fingerprint density at radius 3 is 1.90 bits per heavy atom. The van der Waals surface area contributed by atoms with Gasteiger partial charge in [0.05, 0.1) is 34.6 Å². The van der Waals surface area contributed by atoms with Crippen LogP contribution in [0.1, 0.15) is 36.1 Å². The van der Waals surface area contributed by atoms with Crippen molar-refractivity contribution in [1.29, 1.82) is 10.5 Å². The lowest BCUT2D eigenvalue weighted by Crippen LogP contribution is -2.30. The van der Waals surface area contributed by atoms with Crippen molar-refractivity contribution in [2.45, 2.75) is 19.3 Å². The Labute approximate surface area is 226 Å². The van der Waals surface area contributed by atoms with Gasteiger partial charge in [-0.15, -0.1) is 0 Å². The van der Waals surface area contributed by atoms with Crippen molar-refractivity contribution < 1.29 is 4.42 Å². The average molecular weight is 502 g/mol. The van der Waals surface area contributed by atoms with E-state index in [0.29, 0.717) is 22.3 Å². The molecule has 0 unspecified atom stereocenters. The van der Waals surface area contributed by atoms with E-state index in [1.54, 1.807) is 18.2 Å². The number of nitriles is 2. The molecule has 7 rings (SSSR count). The molecule has 0 amide bonds. The Morgan fingerprint density at radius 2 is 1.26 bits per heavy atom. The largest absolute Gasteiger partial charge is 0.455 e. The fraction of sp³-hybridized carbons (Fsp3) is 0.0857. The summed E-state index contributed by atoms with van der Waals surface area (Å²) in [5, 5.41) is 22.0. The maximum atomic E-state index is 10.0. The van der Waals surface area contributed by atoms with Gasteiger partial charge >= 0.3 is 0 Å². The molecule has 5 aromatic carbocycles. The Kier molecular flexibility index (Phi) is 4.89. The molecule has 1 aliphatic heterocycles. The van der Waals surface area contributed by atoms with Crippen LogP contribution in [0.2, 0.25) is 0 Å². The lowest BCUT2D eigenvalue weighted by Gasteiger charge is -2.42. The van der Waals surface area contributed by atoms with Crippen molar-refractivity contribution in [2.24, 2.45) is 0 Å². The van der Waals surface area contributed by atoms with Gasteiger partial charge < -0.3 is 9.32 Å². The van der Waals surface area contributed by atoms with Gasteiger partial charge in [0.15, 0.2) is 0 Å². The van der Waals surface area contributed by atoms with Crippen molar-refractivity contribution in [2.75, 3.05) is 4.90 Å². The summed E-state index contributed by atoms with van der Waals surface area (Å²) in [5.74, 6) is 0. The second-order valence-corrected chi connectivity index (χ2v) is 10.4. The van der Waals surface area contributed by atoms with Crippen molar-refractivity contribution in [3.63, 3.8) is 0 Å². The van der Waals surface area contributed by atoms with Gasteiger partial charge in [-0.05, 0) is 53.6 Å². The molecule has 4 nitrogen and oxygen atoms in total. The molecule has 0 saturated carbocycles. The van der Waals surface area contributed by atoms with Gasteiger partial charge in [0, 0.05) is 33.0 Å². The zero-order valence-corrected chi connectivity index (χ0v) is 21.6. The number of nitrogens with zero attached hydrogens (tertiary/aromatic N) is 3. The topological polar surface area (TPSA) is 64.0 Å². The van der Waals surface area contributed by atoms with Crippen molar-refractivity contribution in [3.8, 4) is 23.3 Å². The molecule has 1 aromatic heterocycles. The molecule has 1 aliphatic rings. The van der Waals surface area contributed by atoms with Crippen LogP contribution in [-0.4, -0.2) is 0 Å². The van der Waals surface area contributed by atoms with Crippen LogP contribution in [0.15, 0.2) is 108 Å². The molecule has 0 atom stereocenters. The molecule has 2 heterocycles. The fourth-order valence-corrected chi connectivity index (χ4v) is 6.10. The van der Waals surface area contributed by atoms with Gasteiger partial charge in [-0.25, -0.2) is 0 Å². The van der Waals surface area contributed by atoms with Crippen molar-refractivity contribution >= 4 is 39.0 Å². The minimum atomic E-state index is -0.180. The monoisotopic (exact) mass is 501 g/mol. The van der Waals surface area contributed by atoms with E-state index in [-0.39, 0.29) is 5.41 Å². The Bertz CT molecular complexity index is 1950. The number of para-hydroxylation sites is 3. The molecular weight excluding hydrogens is 478 g/mol. The van der Waals surface area contributed by atoms with Crippen LogP contribution in [0.3, 0.4) is 0 Å². The molecule has 0 aliphatic carbocycles. The van der Waals surface area contributed by atoms with E-state index in [1.165, 1.54) is 11.1 Å². The summed E-state index contributed by atoms with van der Waals surface area (Å²) in [6.07, 6.45) is 0. The summed E-state index contributed by atoms with van der Waals surface area (Å²) in [7, 11) is 0. The molecule has 0 bridgehead atoms. The van der Waals surface area contributed by atoms with Crippen LogP contribution in [0.25, 0.3) is 33.1 Å². The maximum Gasteiger partial charge on any atom is 0.143 e. The highest BCUT2D eigenvalue weighted by atomic mass is 16.3. The normalized spacial score (nSPS) is 13.5. The maximum absolute atomic E-state index is 10.0. The first kappa shape index (κ1) is 22.8. The molecule has 184 valence electrons. The highest BCUT2D eigenvalue weighted by Gasteiger charge is 2.37. The van der Waals surface area contributed by atoms with Crippen molar-refractivity contribution in [1.82, 2.24) is 0 Å². The number of furan rings is 1. The first-order valence-electron chi connectivity index (χ1n) is 12.9. The summed E-state index contributed by atoms with van der Waals surface area (Å²) < 4.78 is 6.41. The minimum absolute atomic E-state index is 0.180. The Balaban J connectivity index is 1.63. The molecular formula is C35H23N3O. The number of fused-ring (bicyclic) bond motifs is 5. The number of hydrogen-bond acceptors (Lipinski definition) is 4. The third kappa shape index (κ3) is 3.22. The minimum Gasteiger partial charge on any atom is -0.455 e. The third-order valence-corrected chi connectivity index (χ3v) is 7.93. The van der Waals surface area contributed by atoms with Gasteiger partial charge in [-0.3, -0.25) is 0 Å². The Hall–Kier alpha value is -5.32. The molecule has 39 heavy (non-hydrogen) atoms. The van der Waals surface area contributed by atoms with Crippen LogP contribution in [0, 0.1) is 22.7 Å². The smallest absolute Gasteiger partial charge is 0.143 e. The lowest BCUT2D eigenvalue weighted by atomic mass is 9.73. The van der Waals surface area contributed by atoms with E-state index in [1.807, 2.05) is 18.2 Å². The van der Waals surface area contributed by atoms with E-state index < -0.39 is 0 Å². The van der Waals surface area contributed by atoms with Gasteiger partial charge in [0.2, 0.25) is 0 Å². The molecule has 0 saturated heterocycles. The second-order valence-electron chi connectivity index (χ2n) is 10.4. The average Bonchev–Trinajstić information content (AvgIpc) is 3.35. The van der Waals surface area contributed by atoms with E-state index >= 15 is 0 Å². The first-order valence-corrected chi connectivity index (χ1v) is 12.9. The molecule has 0 radical (unpaired) electrons. The van der Waals surface area contributed by atoms with Gasteiger partial charge in [-0.1, -0.05) is 74.5 Å². The van der Waals surface area contributed by atoms with E-state index in [2.05, 4.69) is 97.6 Å². The number of hydrogen-bond donors (Lipinski definition) is 0. The third-order valence-electron chi connectivity index (χ3n) is 7.93. The number of anilines is 3. The van der Waals surface area contributed by atoms with Crippen LogP contribution in [0.4, 0.5) is 17.1 Å². The zero-order chi connectivity index (χ0) is 26.7. The number of benzene rings is 5. The van der Waals surface area contributed by atoms with Gasteiger partial charge in [0.25, 0.3) is 0 Å². The lowest BCUT2D eigenvalue weighted by molar-refractivity contribution is 0.632.